The summed E-state index contributed by atoms with van der Waals surface area (Å²) in [6.45, 7) is 1.38. The van der Waals surface area contributed by atoms with Gasteiger partial charge in [-0.3, -0.25) is 0 Å². The number of rotatable bonds is 1. The molecule has 0 saturated carbocycles. The minimum Gasteiger partial charge on any atom is -0.175 e. The van der Waals surface area contributed by atoms with Gasteiger partial charge in [-0.05, 0) is 13.0 Å². The van der Waals surface area contributed by atoms with Gasteiger partial charge in [0, 0.05) is 11.3 Å². The Labute approximate surface area is 90.3 Å². The van der Waals surface area contributed by atoms with E-state index in [9.17, 15) is 13.2 Å². The van der Waals surface area contributed by atoms with Crippen LogP contribution < -0.4 is 0 Å². The molecule has 0 saturated heterocycles. The molecule has 0 amide bonds. The van der Waals surface area contributed by atoms with Crippen molar-refractivity contribution in [3.05, 3.63) is 42.1 Å². The smallest absolute Gasteiger partial charge is 0.175 e. The van der Waals surface area contributed by atoms with Crippen molar-refractivity contribution in [1.82, 2.24) is 9.78 Å². The van der Waals surface area contributed by atoms with Crippen molar-refractivity contribution in [2.75, 3.05) is 0 Å². The molecule has 0 spiro atoms. The van der Waals surface area contributed by atoms with E-state index in [0.717, 1.165) is 0 Å². The fourth-order valence-corrected chi connectivity index (χ4v) is 1.48. The van der Waals surface area contributed by atoms with Gasteiger partial charge in [0.1, 0.15) is 0 Å². The number of hydrogen-bond acceptors (Lipinski definition) is 1. The molecule has 0 N–H and O–H groups in total. The van der Waals surface area contributed by atoms with Crippen molar-refractivity contribution >= 4 is 0 Å². The number of halogens is 3. The normalized spacial score (nSPS) is 11.8. The summed E-state index contributed by atoms with van der Waals surface area (Å²) in [5.41, 5.74) is 1.08. The van der Waals surface area contributed by atoms with Gasteiger partial charge in [-0.15, -0.1) is 13.2 Å². The molecule has 2 aromatic rings. The van der Waals surface area contributed by atoms with Crippen LogP contribution in [0.4, 0.5) is 13.2 Å². The molecule has 84 valence electrons. The summed E-state index contributed by atoms with van der Waals surface area (Å²) in [5, 5.41) is 3.54. The molecule has 2 rings (SSSR count). The van der Waals surface area contributed by atoms with Crippen LogP contribution in [-0.4, -0.2) is 9.78 Å². The number of benzene rings is 1. The molecule has 16 heavy (non-hydrogen) atoms. The quantitative estimate of drug-likeness (QED) is 0.729. The Morgan fingerprint density at radius 2 is 1.75 bits per heavy atom. The Morgan fingerprint density at radius 3 is 2.25 bits per heavy atom. The van der Waals surface area contributed by atoms with Crippen molar-refractivity contribution in [3.63, 3.8) is 0 Å². The van der Waals surface area contributed by atoms with Crippen LogP contribution in [0.3, 0.4) is 0 Å². The topological polar surface area (TPSA) is 17.8 Å². The Bertz CT molecular complexity index is 486. The van der Waals surface area contributed by atoms with E-state index in [1.54, 1.807) is 30.3 Å². The molecular weight excluding hydrogens is 217 g/mol. The van der Waals surface area contributed by atoms with E-state index in [2.05, 4.69) is 5.10 Å². The van der Waals surface area contributed by atoms with Crippen molar-refractivity contribution in [2.24, 2.45) is 0 Å². The summed E-state index contributed by atoms with van der Waals surface area (Å²) in [5.74, 6) is 0. The highest BCUT2D eigenvalue weighted by Crippen LogP contribution is 2.26. The summed E-state index contributed by atoms with van der Waals surface area (Å²) in [6, 6.07) is 10.2. The highest BCUT2D eigenvalue weighted by atomic mass is 19.4. The second-order valence-corrected chi connectivity index (χ2v) is 3.42. The number of hydrogen-bond donors (Lipinski definition) is 0. The standard InChI is InChI=1S/C11H9F3N2/c1-8-7-10(9-5-3-2-4-6-9)15-16(8)11(12,13)14/h2-7H,1H3. The van der Waals surface area contributed by atoms with E-state index >= 15 is 0 Å². The van der Waals surface area contributed by atoms with Crippen molar-refractivity contribution < 1.29 is 13.2 Å². The summed E-state index contributed by atoms with van der Waals surface area (Å²) in [6.07, 6.45) is -4.46. The number of alkyl halides is 3. The lowest BCUT2D eigenvalue weighted by Gasteiger charge is -2.07. The van der Waals surface area contributed by atoms with E-state index in [-0.39, 0.29) is 10.4 Å². The average molecular weight is 226 g/mol. The molecule has 5 heteroatoms. The SMILES string of the molecule is Cc1cc(-c2ccccc2)nn1C(F)(F)F. The Morgan fingerprint density at radius 1 is 1.12 bits per heavy atom. The fourth-order valence-electron chi connectivity index (χ4n) is 1.48. The summed E-state index contributed by atoms with van der Waals surface area (Å²) >= 11 is 0. The first-order valence-corrected chi connectivity index (χ1v) is 4.68. The monoisotopic (exact) mass is 226 g/mol. The third kappa shape index (κ3) is 1.93. The van der Waals surface area contributed by atoms with Gasteiger partial charge in [0.25, 0.3) is 0 Å². The largest absolute Gasteiger partial charge is 0.504 e. The van der Waals surface area contributed by atoms with Crippen LogP contribution in [0.15, 0.2) is 36.4 Å². The lowest BCUT2D eigenvalue weighted by Crippen LogP contribution is -2.19. The predicted molar refractivity (Wildman–Crippen MR) is 53.7 cm³/mol. The Balaban J connectivity index is 2.47. The minimum atomic E-state index is -4.46. The van der Waals surface area contributed by atoms with Gasteiger partial charge in [-0.1, -0.05) is 30.3 Å². The maximum atomic E-state index is 12.5. The molecule has 1 heterocycles. The molecule has 0 radical (unpaired) electrons. The van der Waals surface area contributed by atoms with Crippen LogP contribution in [0.25, 0.3) is 11.3 Å². The van der Waals surface area contributed by atoms with Gasteiger partial charge in [0.05, 0.1) is 5.69 Å². The van der Waals surface area contributed by atoms with Crippen molar-refractivity contribution in [3.8, 4) is 11.3 Å². The van der Waals surface area contributed by atoms with E-state index in [4.69, 9.17) is 0 Å². The molecule has 0 unspecified atom stereocenters. The summed E-state index contributed by atoms with van der Waals surface area (Å²) in [4.78, 5) is 0. The zero-order chi connectivity index (χ0) is 11.8. The second-order valence-electron chi connectivity index (χ2n) is 3.42. The maximum absolute atomic E-state index is 12.5. The number of nitrogens with zero attached hydrogens (tertiary/aromatic N) is 2. The first-order valence-electron chi connectivity index (χ1n) is 4.68. The molecule has 0 aliphatic rings. The minimum absolute atomic E-state index is 0.0753. The lowest BCUT2D eigenvalue weighted by atomic mass is 10.1. The van der Waals surface area contributed by atoms with Crippen LogP contribution in [0.2, 0.25) is 0 Å². The highest BCUT2D eigenvalue weighted by molar-refractivity contribution is 5.58. The summed E-state index contributed by atoms with van der Waals surface area (Å²) < 4.78 is 37.5. The molecule has 0 fully saturated rings. The molecule has 0 aliphatic heterocycles. The lowest BCUT2D eigenvalue weighted by molar-refractivity contribution is -0.213. The van der Waals surface area contributed by atoms with Gasteiger partial charge in [0.2, 0.25) is 0 Å². The average Bonchev–Trinajstić information content (AvgIpc) is 2.61. The Kier molecular flexibility index (Phi) is 2.46. The van der Waals surface area contributed by atoms with Crippen LogP contribution in [-0.2, 0) is 6.30 Å². The van der Waals surface area contributed by atoms with E-state index < -0.39 is 6.30 Å². The molecule has 1 aromatic carbocycles. The van der Waals surface area contributed by atoms with Crippen LogP contribution in [0.1, 0.15) is 5.69 Å². The highest BCUT2D eigenvalue weighted by Gasteiger charge is 2.33. The third-order valence-electron chi connectivity index (χ3n) is 2.20. The van der Waals surface area contributed by atoms with Crippen molar-refractivity contribution in [1.29, 1.82) is 0 Å². The van der Waals surface area contributed by atoms with Gasteiger partial charge < -0.3 is 0 Å². The molecular formula is C11H9F3N2. The molecule has 0 bridgehead atoms. The predicted octanol–water partition coefficient (Wildman–Crippen LogP) is 3.33. The van der Waals surface area contributed by atoms with Gasteiger partial charge >= 0.3 is 6.30 Å². The maximum Gasteiger partial charge on any atom is 0.504 e. The third-order valence-corrected chi connectivity index (χ3v) is 2.20. The fraction of sp³-hybridized carbons (Fsp3) is 0.182. The zero-order valence-corrected chi connectivity index (χ0v) is 8.49. The first kappa shape index (κ1) is 10.7. The van der Waals surface area contributed by atoms with Gasteiger partial charge in [-0.2, -0.15) is 9.78 Å². The van der Waals surface area contributed by atoms with E-state index in [1.165, 1.54) is 13.0 Å². The number of aryl methyl sites for hydroxylation is 1. The van der Waals surface area contributed by atoms with Crippen LogP contribution >= 0.6 is 0 Å². The first-order chi connectivity index (χ1) is 7.48. The molecule has 1 aromatic heterocycles. The zero-order valence-electron chi connectivity index (χ0n) is 8.49. The Hall–Kier alpha value is -1.78. The van der Waals surface area contributed by atoms with Crippen LogP contribution in [0.5, 0.6) is 0 Å². The van der Waals surface area contributed by atoms with Crippen LogP contribution in [0, 0.1) is 6.92 Å². The van der Waals surface area contributed by atoms with E-state index in [0.29, 0.717) is 11.3 Å². The number of aromatic nitrogens is 2. The molecule has 2 nitrogen and oxygen atoms in total. The molecule has 0 atom stereocenters. The van der Waals surface area contributed by atoms with Crippen molar-refractivity contribution in [2.45, 2.75) is 13.2 Å². The summed E-state index contributed by atoms with van der Waals surface area (Å²) in [7, 11) is 0. The second kappa shape index (κ2) is 3.66. The van der Waals surface area contributed by atoms with Gasteiger partial charge in [0.15, 0.2) is 0 Å². The van der Waals surface area contributed by atoms with E-state index in [1.807, 2.05) is 0 Å². The van der Waals surface area contributed by atoms with Gasteiger partial charge in [-0.25, -0.2) is 0 Å². The molecule has 0 aliphatic carbocycles.